The number of amides is 1. The van der Waals surface area contributed by atoms with Crippen LogP contribution < -0.4 is 5.32 Å². The number of hydrogen-bond acceptors (Lipinski definition) is 4. The Balaban J connectivity index is 2.63. The first-order chi connectivity index (χ1) is 9.71. The first-order valence-electron chi connectivity index (χ1n) is 6.32. The van der Waals surface area contributed by atoms with Crippen LogP contribution in [0.3, 0.4) is 0 Å². The Kier molecular flexibility index (Phi) is 6.57. The summed E-state index contributed by atoms with van der Waals surface area (Å²) in [7, 11) is 0.861. The molecule has 1 amide bonds. The fourth-order valence-corrected chi connectivity index (χ4v) is 2.41. The van der Waals surface area contributed by atoms with Gasteiger partial charge in [-0.3, -0.25) is 4.79 Å². The Hall–Kier alpha value is -1.18. The summed E-state index contributed by atoms with van der Waals surface area (Å²) in [6, 6.07) is 2.98. The van der Waals surface area contributed by atoms with Crippen LogP contribution in [0.2, 0.25) is 0 Å². The zero-order valence-corrected chi connectivity index (χ0v) is 13.3. The third-order valence-corrected chi connectivity index (χ3v) is 3.78. The van der Waals surface area contributed by atoms with Gasteiger partial charge in [0.25, 0.3) is 15.0 Å². The highest BCUT2D eigenvalue weighted by Crippen LogP contribution is 2.20. The van der Waals surface area contributed by atoms with Gasteiger partial charge in [0.15, 0.2) is 0 Å². The average Bonchev–Trinajstić information content (AvgIpc) is 2.36. The summed E-state index contributed by atoms with van der Waals surface area (Å²) in [4.78, 5) is 11.1. The van der Waals surface area contributed by atoms with Gasteiger partial charge in [0, 0.05) is 29.4 Å². The summed E-state index contributed by atoms with van der Waals surface area (Å²) in [5.74, 6) is -1.12. The summed E-state index contributed by atoms with van der Waals surface area (Å²) in [5, 5.41) is 2.55. The molecule has 1 aromatic carbocycles. The van der Waals surface area contributed by atoms with Crippen molar-refractivity contribution < 1.29 is 22.3 Å². The molecule has 0 spiro atoms. The second-order valence-corrected chi connectivity index (χ2v) is 7.34. The van der Waals surface area contributed by atoms with Crippen LogP contribution in [0.4, 0.5) is 4.39 Å². The third-order valence-electron chi connectivity index (χ3n) is 2.44. The van der Waals surface area contributed by atoms with E-state index in [4.69, 9.17) is 15.4 Å². The maximum absolute atomic E-state index is 13.3. The number of carbonyl (C=O) groups excluding carboxylic acids is 1. The molecule has 1 N–H and O–H groups in total. The third kappa shape index (κ3) is 5.99. The summed E-state index contributed by atoms with van der Waals surface area (Å²) in [6.07, 6.45) is 0. The van der Waals surface area contributed by atoms with E-state index >= 15 is 0 Å². The number of halogens is 2. The van der Waals surface area contributed by atoms with Gasteiger partial charge in [0.05, 0.1) is 6.61 Å². The van der Waals surface area contributed by atoms with Crippen molar-refractivity contribution in [2.45, 2.75) is 18.7 Å². The van der Waals surface area contributed by atoms with Crippen LogP contribution in [-0.4, -0.2) is 34.1 Å². The van der Waals surface area contributed by atoms with Crippen LogP contribution in [-0.2, 0) is 13.8 Å². The van der Waals surface area contributed by atoms with Crippen LogP contribution in [0, 0.1) is 11.7 Å². The fraction of sp³-hybridized carbons (Fsp3) is 0.462. The highest BCUT2D eigenvalue weighted by molar-refractivity contribution is 8.13. The van der Waals surface area contributed by atoms with Crippen LogP contribution in [0.25, 0.3) is 0 Å². The van der Waals surface area contributed by atoms with E-state index in [0.717, 1.165) is 12.1 Å². The number of carbonyl (C=O) groups is 1. The van der Waals surface area contributed by atoms with E-state index in [-0.39, 0.29) is 12.1 Å². The lowest BCUT2D eigenvalue weighted by Gasteiger charge is -2.08. The molecule has 0 unspecified atom stereocenters. The molecule has 1 aromatic rings. The number of ether oxygens (including phenoxy) is 1. The normalized spacial score (nSPS) is 11.7. The molecule has 0 aliphatic rings. The second-order valence-electron chi connectivity index (χ2n) is 4.81. The Morgan fingerprint density at radius 1 is 1.43 bits per heavy atom. The molecule has 0 atom stereocenters. The zero-order valence-electron chi connectivity index (χ0n) is 11.7. The highest BCUT2D eigenvalue weighted by atomic mass is 35.7. The van der Waals surface area contributed by atoms with Crippen molar-refractivity contribution >= 4 is 25.6 Å². The van der Waals surface area contributed by atoms with Gasteiger partial charge in [-0.05, 0) is 24.1 Å². The van der Waals surface area contributed by atoms with Crippen LogP contribution in [0.15, 0.2) is 23.1 Å². The molecule has 1 rings (SSSR count). The summed E-state index contributed by atoms with van der Waals surface area (Å²) in [6.45, 7) is 5.20. The van der Waals surface area contributed by atoms with E-state index in [9.17, 15) is 17.6 Å². The predicted molar refractivity (Wildman–Crippen MR) is 77.4 cm³/mol. The molecule has 0 aliphatic heterocycles. The van der Waals surface area contributed by atoms with E-state index in [2.05, 4.69) is 5.32 Å². The maximum Gasteiger partial charge on any atom is 0.264 e. The average molecular weight is 338 g/mol. The van der Waals surface area contributed by atoms with Gasteiger partial charge in [0.1, 0.15) is 10.7 Å². The van der Waals surface area contributed by atoms with Gasteiger partial charge in [-0.25, -0.2) is 12.8 Å². The summed E-state index contributed by atoms with van der Waals surface area (Å²) >= 11 is 0. The minimum absolute atomic E-state index is 0.0134. The summed E-state index contributed by atoms with van der Waals surface area (Å²) < 4.78 is 41.0. The van der Waals surface area contributed by atoms with Gasteiger partial charge in [0.2, 0.25) is 0 Å². The van der Waals surface area contributed by atoms with Crippen LogP contribution in [0.5, 0.6) is 0 Å². The minimum Gasteiger partial charge on any atom is -0.379 e. The first-order valence-corrected chi connectivity index (χ1v) is 8.63. The molecule has 0 aromatic heterocycles. The molecule has 0 saturated heterocycles. The molecule has 0 aliphatic carbocycles. The fourth-order valence-electron chi connectivity index (χ4n) is 1.49. The molecule has 0 fully saturated rings. The van der Waals surface area contributed by atoms with Gasteiger partial charge in [-0.15, -0.1) is 0 Å². The Bertz CT molecular complexity index is 604. The molecule has 118 valence electrons. The summed E-state index contributed by atoms with van der Waals surface area (Å²) in [5.41, 5.74) is 0.0134. The number of nitrogens with one attached hydrogen (secondary N) is 1. The Morgan fingerprint density at radius 3 is 2.67 bits per heavy atom. The topological polar surface area (TPSA) is 72.5 Å². The van der Waals surface area contributed by atoms with E-state index < -0.39 is 25.7 Å². The van der Waals surface area contributed by atoms with Gasteiger partial charge < -0.3 is 10.1 Å². The van der Waals surface area contributed by atoms with Crippen molar-refractivity contribution in [3.63, 3.8) is 0 Å². The van der Waals surface area contributed by atoms with E-state index in [0.29, 0.717) is 19.1 Å². The SMILES string of the molecule is CC(C)COCCNC(=O)c1ccc(F)c(S(=O)(=O)Cl)c1. The highest BCUT2D eigenvalue weighted by Gasteiger charge is 2.18. The second kappa shape index (κ2) is 7.72. The standard InChI is InChI=1S/C13H17ClFNO4S/c1-9(2)8-20-6-5-16-13(17)10-3-4-11(15)12(7-10)21(14,18)19/h3-4,7,9H,5-6,8H2,1-2H3,(H,16,17). The van der Waals surface area contributed by atoms with Crippen molar-refractivity contribution in [2.24, 2.45) is 5.92 Å². The lowest BCUT2D eigenvalue weighted by molar-refractivity contribution is 0.0886. The first kappa shape index (κ1) is 17.9. The van der Waals surface area contributed by atoms with E-state index in [1.54, 1.807) is 0 Å². The van der Waals surface area contributed by atoms with Crippen molar-refractivity contribution in [1.82, 2.24) is 5.32 Å². The van der Waals surface area contributed by atoms with Crippen molar-refractivity contribution in [1.29, 1.82) is 0 Å². The zero-order chi connectivity index (χ0) is 16.0. The lowest BCUT2D eigenvalue weighted by atomic mass is 10.2. The number of benzene rings is 1. The number of rotatable bonds is 7. The molecule has 8 heteroatoms. The van der Waals surface area contributed by atoms with Crippen LogP contribution in [0.1, 0.15) is 24.2 Å². The quantitative estimate of drug-likeness (QED) is 0.611. The van der Waals surface area contributed by atoms with E-state index in [1.165, 1.54) is 6.07 Å². The van der Waals surface area contributed by atoms with Gasteiger partial charge in [-0.1, -0.05) is 13.8 Å². The van der Waals surface area contributed by atoms with Crippen molar-refractivity contribution in [3.8, 4) is 0 Å². The molecule has 0 saturated carbocycles. The van der Waals surface area contributed by atoms with Crippen molar-refractivity contribution in [2.75, 3.05) is 19.8 Å². The van der Waals surface area contributed by atoms with Gasteiger partial charge >= 0.3 is 0 Å². The van der Waals surface area contributed by atoms with Gasteiger partial charge in [-0.2, -0.15) is 0 Å². The van der Waals surface area contributed by atoms with Crippen LogP contribution >= 0.6 is 10.7 Å². The molecule has 0 bridgehead atoms. The Labute approximate surface area is 127 Å². The maximum atomic E-state index is 13.3. The van der Waals surface area contributed by atoms with E-state index in [1.807, 2.05) is 13.8 Å². The lowest BCUT2D eigenvalue weighted by Crippen LogP contribution is -2.27. The molecule has 0 radical (unpaired) electrons. The Morgan fingerprint density at radius 2 is 2.10 bits per heavy atom. The largest absolute Gasteiger partial charge is 0.379 e. The monoisotopic (exact) mass is 337 g/mol. The molecule has 21 heavy (non-hydrogen) atoms. The van der Waals surface area contributed by atoms with Crippen molar-refractivity contribution in [3.05, 3.63) is 29.6 Å². The predicted octanol–water partition coefficient (Wildman–Crippen LogP) is 2.16. The molecule has 0 heterocycles. The molecular formula is C13H17ClFNO4S. The number of hydrogen-bond donors (Lipinski definition) is 1. The molecule has 5 nitrogen and oxygen atoms in total. The molecular weight excluding hydrogens is 321 g/mol. The smallest absolute Gasteiger partial charge is 0.264 e. The minimum atomic E-state index is -4.24.